The number of aliphatic imine (C=N–C) groups is 1. The number of nitrogens with zero attached hydrogens (tertiary/aromatic N) is 2. The zero-order valence-corrected chi connectivity index (χ0v) is 12.4. The molecule has 0 aliphatic carbocycles. The highest BCUT2D eigenvalue weighted by molar-refractivity contribution is 5.92. The lowest BCUT2D eigenvalue weighted by Crippen LogP contribution is -2.14. The van der Waals surface area contributed by atoms with Crippen molar-refractivity contribution in [3.63, 3.8) is 0 Å². The molecule has 0 bridgehead atoms. The van der Waals surface area contributed by atoms with Crippen LogP contribution < -0.4 is 0 Å². The van der Waals surface area contributed by atoms with Crippen LogP contribution >= 0.6 is 0 Å². The summed E-state index contributed by atoms with van der Waals surface area (Å²) < 4.78 is 4.95. The molecule has 4 nitrogen and oxygen atoms in total. The second-order valence-electron chi connectivity index (χ2n) is 4.55. The number of aryl methyl sites for hydroxylation is 2. The maximum Gasteiger partial charge on any atom is 0.339 e. The van der Waals surface area contributed by atoms with Gasteiger partial charge in [0.05, 0.1) is 17.6 Å². The Labute approximate surface area is 120 Å². The molecule has 0 saturated carbocycles. The molecule has 0 aliphatic rings. The van der Waals surface area contributed by atoms with Crippen molar-refractivity contribution in [1.82, 2.24) is 4.90 Å². The average molecular weight is 272 g/mol. The third kappa shape index (κ3) is 4.13. The van der Waals surface area contributed by atoms with Gasteiger partial charge in [0, 0.05) is 13.6 Å². The summed E-state index contributed by atoms with van der Waals surface area (Å²) in [5, 5.41) is 0. The van der Waals surface area contributed by atoms with Gasteiger partial charge in [0.1, 0.15) is 0 Å². The van der Waals surface area contributed by atoms with Crippen LogP contribution in [0.5, 0.6) is 0 Å². The average Bonchev–Trinajstić information content (AvgIpc) is 2.44. The van der Waals surface area contributed by atoms with Crippen molar-refractivity contribution in [2.24, 2.45) is 4.99 Å². The van der Waals surface area contributed by atoms with Crippen LogP contribution in [-0.4, -0.2) is 37.4 Å². The molecule has 106 valence electrons. The minimum absolute atomic E-state index is 0.0154. The van der Waals surface area contributed by atoms with Gasteiger partial charge in [-0.1, -0.05) is 5.92 Å². The van der Waals surface area contributed by atoms with Gasteiger partial charge < -0.3 is 9.64 Å². The van der Waals surface area contributed by atoms with E-state index in [1.54, 1.807) is 12.4 Å². The molecule has 0 N–H and O–H groups in total. The van der Waals surface area contributed by atoms with Gasteiger partial charge in [0.15, 0.2) is 6.61 Å². The summed E-state index contributed by atoms with van der Waals surface area (Å²) in [7, 11) is 1.96. The van der Waals surface area contributed by atoms with Crippen LogP contribution in [0, 0.1) is 26.2 Å². The first kappa shape index (κ1) is 15.8. The quantitative estimate of drug-likeness (QED) is 0.358. The normalized spacial score (nSPS) is 10.3. The van der Waals surface area contributed by atoms with E-state index in [1.807, 2.05) is 31.9 Å². The van der Waals surface area contributed by atoms with Gasteiger partial charge >= 0.3 is 5.97 Å². The fourth-order valence-electron chi connectivity index (χ4n) is 1.59. The van der Waals surface area contributed by atoms with E-state index in [0.717, 1.165) is 23.4 Å². The van der Waals surface area contributed by atoms with Crippen LogP contribution in [0.1, 0.15) is 28.4 Å². The van der Waals surface area contributed by atoms with Crippen LogP contribution in [0.2, 0.25) is 0 Å². The summed E-state index contributed by atoms with van der Waals surface area (Å²) in [5.41, 5.74) is 3.12. The Morgan fingerprint density at radius 2 is 2.15 bits per heavy atom. The second-order valence-corrected chi connectivity index (χ2v) is 4.55. The van der Waals surface area contributed by atoms with E-state index in [4.69, 9.17) is 11.2 Å². The maximum absolute atomic E-state index is 11.8. The molecule has 1 aromatic carbocycles. The van der Waals surface area contributed by atoms with E-state index in [0.29, 0.717) is 5.56 Å². The molecular weight excluding hydrogens is 252 g/mol. The van der Waals surface area contributed by atoms with Crippen molar-refractivity contribution < 1.29 is 9.53 Å². The van der Waals surface area contributed by atoms with Crippen LogP contribution in [0.15, 0.2) is 17.1 Å². The number of hydrogen-bond acceptors (Lipinski definition) is 3. The first-order chi connectivity index (χ1) is 9.49. The summed E-state index contributed by atoms with van der Waals surface area (Å²) in [6, 6.07) is 3.66. The molecule has 0 saturated heterocycles. The number of ether oxygens (including phenoxy) is 1. The molecule has 0 amide bonds. The number of esters is 1. The van der Waals surface area contributed by atoms with Crippen LogP contribution in [0.3, 0.4) is 0 Å². The number of carbonyl (C=O) groups excluding carboxylic acids is 1. The molecule has 0 aliphatic heterocycles. The molecule has 0 radical (unpaired) electrons. The zero-order valence-electron chi connectivity index (χ0n) is 12.4. The largest absolute Gasteiger partial charge is 0.449 e. The van der Waals surface area contributed by atoms with Gasteiger partial charge in [0.25, 0.3) is 0 Å². The predicted octanol–water partition coefficient (Wildman–Crippen LogP) is 2.70. The van der Waals surface area contributed by atoms with Crippen molar-refractivity contribution in [2.75, 3.05) is 20.2 Å². The molecule has 1 rings (SSSR count). The maximum atomic E-state index is 11.8. The molecule has 0 unspecified atom stereocenters. The van der Waals surface area contributed by atoms with Crippen LogP contribution in [-0.2, 0) is 4.74 Å². The minimum Gasteiger partial charge on any atom is -0.449 e. The van der Waals surface area contributed by atoms with E-state index in [2.05, 4.69) is 17.8 Å². The Balaban J connectivity index is 3.00. The van der Waals surface area contributed by atoms with Gasteiger partial charge in [-0.3, -0.25) is 0 Å². The lowest BCUT2D eigenvalue weighted by molar-refractivity contribution is 0.0556. The number of hydrogen-bond donors (Lipinski definition) is 0. The summed E-state index contributed by atoms with van der Waals surface area (Å²) in [6.45, 7) is 6.69. The van der Waals surface area contributed by atoms with Crippen molar-refractivity contribution in [3.05, 3.63) is 28.8 Å². The molecule has 0 fully saturated rings. The lowest BCUT2D eigenvalue weighted by atomic mass is 10.0. The van der Waals surface area contributed by atoms with Crippen LogP contribution in [0.25, 0.3) is 0 Å². The van der Waals surface area contributed by atoms with Gasteiger partial charge in [-0.15, -0.1) is 6.42 Å². The van der Waals surface area contributed by atoms with Gasteiger partial charge in [-0.25, -0.2) is 9.79 Å². The molecule has 0 aromatic heterocycles. The molecule has 1 aromatic rings. The highest BCUT2D eigenvalue weighted by atomic mass is 16.5. The summed E-state index contributed by atoms with van der Waals surface area (Å²) >= 11 is 0. The monoisotopic (exact) mass is 272 g/mol. The third-order valence-corrected chi connectivity index (χ3v) is 2.94. The Kier molecular flexibility index (Phi) is 5.79. The number of terminal acetylenes is 1. The fourth-order valence-corrected chi connectivity index (χ4v) is 1.59. The smallest absolute Gasteiger partial charge is 0.339 e. The standard InChI is InChI=1S/C16H20N2O2/c1-6-8-20-16(19)14-9-13(4)15(10-12(14)3)17-11-18(5)7-2/h1,9-11H,7-8H2,2-5H3/b17-11+. The van der Waals surface area contributed by atoms with Gasteiger partial charge in [-0.2, -0.15) is 0 Å². The Morgan fingerprint density at radius 1 is 1.45 bits per heavy atom. The summed E-state index contributed by atoms with van der Waals surface area (Å²) in [5.74, 6) is 1.88. The highest BCUT2D eigenvalue weighted by Crippen LogP contribution is 2.23. The van der Waals surface area contributed by atoms with Crippen molar-refractivity contribution in [3.8, 4) is 12.3 Å². The molecule has 4 heteroatoms. The van der Waals surface area contributed by atoms with E-state index in [1.165, 1.54) is 0 Å². The first-order valence-corrected chi connectivity index (χ1v) is 6.45. The molecule has 0 atom stereocenters. The molecular formula is C16H20N2O2. The number of carbonyl (C=O) groups is 1. The number of benzene rings is 1. The summed E-state index contributed by atoms with van der Waals surface area (Å²) in [4.78, 5) is 18.2. The Morgan fingerprint density at radius 3 is 2.75 bits per heavy atom. The van der Waals surface area contributed by atoms with Crippen molar-refractivity contribution in [1.29, 1.82) is 0 Å². The minimum atomic E-state index is -0.398. The molecule has 0 heterocycles. The first-order valence-electron chi connectivity index (χ1n) is 6.45. The number of rotatable bonds is 5. The van der Waals surface area contributed by atoms with E-state index < -0.39 is 5.97 Å². The highest BCUT2D eigenvalue weighted by Gasteiger charge is 2.12. The van der Waals surface area contributed by atoms with Gasteiger partial charge in [-0.05, 0) is 44.0 Å². The molecule has 20 heavy (non-hydrogen) atoms. The Bertz CT molecular complexity index is 556. The molecule has 0 spiro atoms. The zero-order chi connectivity index (χ0) is 15.1. The predicted molar refractivity (Wildman–Crippen MR) is 81.5 cm³/mol. The van der Waals surface area contributed by atoms with E-state index >= 15 is 0 Å². The van der Waals surface area contributed by atoms with Crippen molar-refractivity contribution >= 4 is 18.0 Å². The third-order valence-electron chi connectivity index (χ3n) is 2.94. The lowest BCUT2D eigenvalue weighted by Gasteiger charge is -2.11. The fraction of sp³-hybridized carbons (Fsp3) is 0.375. The Hall–Kier alpha value is -2.28. The van der Waals surface area contributed by atoms with Crippen LogP contribution in [0.4, 0.5) is 5.69 Å². The summed E-state index contributed by atoms with van der Waals surface area (Å²) in [6.07, 6.45) is 6.85. The van der Waals surface area contributed by atoms with E-state index in [-0.39, 0.29) is 6.61 Å². The van der Waals surface area contributed by atoms with Crippen molar-refractivity contribution in [2.45, 2.75) is 20.8 Å². The second kappa shape index (κ2) is 7.34. The topological polar surface area (TPSA) is 41.9 Å². The van der Waals surface area contributed by atoms with Gasteiger partial charge in [0.2, 0.25) is 0 Å². The SMILES string of the molecule is C#CCOC(=O)c1cc(C)c(/N=C/N(C)CC)cc1C. The van der Waals surface area contributed by atoms with E-state index in [9.17, 15) is 4.79 Å².